The lowest BCUT2D eigenvalue weighted by Crippen LogP contribution is -2.22. The average Bonchev–Trinajstić information content (AvgIpc) is 2.37. The maximum absolute atomic E-state index is 3.24. The van der Waals surface area contributed by atoms with E-state index in [0.29, 0.717) is 6.04 Å². The minimum absolute atomic E-state index is 0.604. The highest BCUT2D eigenvalue weighted by atomic mass is 14.9. The van der Waals surface area contributed by atoms with Gasteiger partial charge < -0.3 is 5.32 Å². The second-order valence-electron chi connectivity index (χ2n) is 2.68. The SMILES string of the molecule is CNC(C)C1=CCCC1. The molecule has 0 aromatic carbocycles. The van der Waals surface area contributed by atoms with E-state index in [1.54, 1.807) is 5.57 Å². The van der Waals surface area contributed by atoms with Crippen molar-refractivity contribution in [2.75, 3.05) is 7.05 Å². The van der Waals surface area contributed by atoms with Crippen LogP contribution in [0.1, 0.15) is 26.2 Å². The maximum atomic E-state index is 3.24. The highest BCUT2D eigenvalue weighted by Gasteiger charge is 2.09. The first-order valence-electron chi connectivity index (χ1n) is 3.71. The quantitative estimate of drug-likeness (QED) is 0.554. The molecule has 0 bridgehead atoms. The van der Waals surface area contributed by atoms with Crippen LogP contribution in [0.15, 0.2) is 11.6 Å². The molecule has 1 aliphatic carbocycles. The summed E-state index contributed by atoms with van der Waals surface area (Å²) in [5.74, 6) is 0. The van der Waals surface area contributed by atoms with E-state index in [2.05, 4.69) is 18.3 Å². The van der Waals surface area contributed by atoms with Crippen LogP contribution in [0.3, 0.4) is 0 Å². The molecule has 1 rings (SSSR count). The molecular weight excluding hydrogens is 110 g/mol. The van der Waals surface area contributed by atoms with E-state index in [4.69, 9.17) is 0 Å². The first-order valence-corrected chi connectivity index (χ1v) is 3.71. The highest BCUT2D eigenvalue weighted by molar-refractivity contribution is 5.13. The van der Waals surface area contributed by atoms with E-state index in [1.807, 2.05) is 7.05 Å². The zero-order chi connectivity index (χ0) is 6.69. The largest absolute Gasteiger partial charge is 0.314 e. The van der Waals surface area contributed by atoms with Crippen molar-refractivity contribution in [1.82, 2.24) is 5.32 Å². The number of nitrogens with one attached hydrogen (secondary N) is 1. The summed E-state index contributed by atoms with van der Waals surface area (Å²) in [5, 5.41) is 3.24. The van der Waals surface area contributed by atoms with Crippen molar-refractivity contribution in [2.45, 2.75) is 32.2 Å². The summed E-state index contributed by atoms with van der Waals surface area (Å²) < 4.78 is 0. The van der Waals surface area contributed by atoms with Crippen molar-refractivity contribution >= 4 is 0 Å². The van der Waals surface area contributed by atoms with Gasteiger partial charge in [-0.2, -0.15) is 0 Å². The molecule has 0 aromatic heterocycles. The molecule has 0 heterocycles. The van der Waals surface area contributed by atoms with Gasteiger partial charge in [-0.05, 0) is 33.2 Å². The predicted molar refractivity (Wildman–Crippen MR) is 40.5 cm³/mol. The molecule has 9 heavy (non-hydrogen) atoms. The summed E-state index contributed by atoms with van der Waals surface area (Å²) in [5.41, 5.74) is 1.59. The lowest BCUT2D eigenvalue weighted by Gasteiger charge is -2.10. The van der Waals surface area contributed by atoms with Crippen molar-refractivity contribution in [3.63, 3.8) is 0 Å². The van der Waals surface area contributed by atoms with Gasteiger partial charge in [-0.1, -0.05) is 11.6 Å². The zero-order valence-electron chi connectivity index (χ0n) is 6.28. The van der Waals surface area contributed by atoms with E-state index < -0.39 is 0 Å². The van der Waals surface area contributed by atoms with Gasteiger partial charge in [0.25, 0.3) is 0 Å². The van der Waals surface area contributed by atoms with Gasteiger partial charge in [0.2, 0.25) is 0 Å². The highest BCUT2D eigenvalue weighted by Crippen LogP contribution is 2.19. The Bertz CT molecular complexity index is 116. The molecule has 1 unspecified atom stereocenters. The molecule has 0 aliphatic heterocycles. The molecule has 0 radical (unpaired) electrons. The van der Waals surface area contributed by atoms with Crippen LogP contribution in [0.5, 0.6) is 0 Å². The third-order valence-corrected chi connectivity index (χ3v) is 2.07. The Kier molecular flexibility index (Phi) is 2.29. The maximum Gasteiger partial charge on any atom is 0.0248 e. The van der Waals surface area contributed by atoms with E-state index >= 15 is 0 Å². The van der Waals surface area contributed by atoms with Crippen LogP contribution < -0.4 is 5.32 Å². The van der Waals surface area contributed by atoms with Gasteiger partial charge in [-0.25, -0.2) is 0 Å². The molecule has 0 amide bonds. The molecule has 52 valence electrons. The Balaban J connectivity index is 2.40. The summed E-state index contributed by atoms with van der Waals surface area (Å²) in [6, 6.07) is 0.604. The van der Waals surface area contributed by atoms with E-state index in [0.717, 1.165) is 0 Å². The average molecular weight is 125 g/mol. The third-order valence-electron chi connectivity index (χ3n) is 2.07. The lowest BCUT2D eigenvalue weighted by molar-refractivity contribution is 0.670. The summed E-state index contributed by atoms with van der Waals surface area (Å²) in [6.45, 7) is 2.22. The van der Waals surface area contributed by atoms with E-state index in [1.165, 1.54) is 19.3 Å². The molecule has 1 N–H and O–H groups in total. The second-order valence-corrected chi connectivity index (χ2v) is 2.68. The first kappa shape index (κ1) is 6.81. The van der Waals surface area contributed by atoms with Gasteiger partial charge in [0, 0.05) is 6.04 Å². The Hall–Kier alpha value is -0.300. The Morgan fingerprint density at radius 1 is 1.67 bits per heavy atom. The number of hydrogen-bond acceptors (Lipinski definition) is 1. The van der Waals surface area contributed by atoms with Crippen molar-refractivity contribution < 1.29 is 0 Å². The summed E-state index contributed by atoms with van der Waals surface area (Å²) in [7, 11) is 2.02. The van der Waals surface area contributed by atoms with Gasteiger partial charge in [0.15, 0.2) is 0 Å². The van der Waals surface area contributed by atoms with Crippen LogP contribution in [0.4, 0.5) is 0 Å². The molecule has 0 saturated carbocycles. The van der Waals surface area contributed by atoms with Gasteiger partial charge in [-0.15, -0.1) is 0 Å². The molecule has 1 heteroatoms. The smallest absolute Gasteiger partial charge is 0.0248 e. The van der Waals surface area contributed by atoms with Gasteiger partial charge in [0.1, 0.15) is 0 Å². The van der Waals surface area contributed by atoms with Gasteiger partial charge >= 0.3 is 0 Å². The Labute approximate surface area is 57.1 Å². The first-order chi connectivity index (χ1) is 4.34. The summed E-state index contributed by atoms with van der Waals surface area (Å²) in [6.07, 6.45) is 6.33. The zero-order valence-corrected chi connectivity index (χ0v) is 6.28. The number of hydrogen-bond donors (Lipinski definition) is 1. The normalized spacial score (nSPS) is 21.8. The fourth-order valence-corrected chi connectivity index (χ4v) is 1.27. The third kappa shape index (κ3) is 1.55. The predicted octanol–water partition coefficient (Wildman–Crippen LogP) is 1.70. The molecule has 0 spiro atoms. The van der Waals surface area contributed by atoms with Gasteiger partial charge in [0.05, 0.1) is 0 Å². The molecule has 1 nitrogen and oxygen atoms in total. The molecule has 1 atom stereocenters. The second kappa shape index (κ2) is 3.02. The lowest BCUT2D eigenvalue weighted by atomic mass is 10.1. The van der Waals surface area contributed by atoms with Crippen LogP contribution in [0.25, 0.3) is 0 Å². The minimum Gasteiger partial charge on any atom is -0.314 e. The van der Waals surface area contributed by atoms with Crippen LogP contribution >= 0.6 is 0 Å². The fourth-order valence-electron chi connectivity index (χ4n) is 1.27. The van der Waals surface area contributed by atoms with Crippen LogP contribution in [0, 0.1) is 0 Å². The molecule has 1 aliphatic rings. The number of allylic oxidation sites excluding steroid dienone is 1. The summed E-state index contributed by atoms with van der Waals surface area (Å²) in [4.78, 5) is 0. The Morgan fingerprint density at radius 3 is 2.89 bits per heavy atom. The van der Waals surface area contributed by atoms with Crippen molar-refractivity contribution in [3.05, 3.63) is 11.6 Å². The van der Waals surface area contributed by atoms with E-state index in [-0.39, 0.29) is 0 Å². The van der Waals surface area contributed by atoms with Crippen molar-refractivity contribution in [3.8, 4) is 0 Å². The van der Waals surface area contributed by atoms with E-state index in [9.17, 15) is 0 Å². The van der Waals surface area contributed by atoms with Crippen LogP contribution in [0.2, 0.25) is 0 Å². The fraction of sp³-hybridized carbons (Fsp3) is 0.750. The summed E-state index contributed by atoms with van der Waals surface area (Å²) >= 11 is 0. The van der Waals surface area contributed by atoms with Crippen LogP contribution in [-0.4, -0.2) is 13.1 Å². The Morgan fingerprint density at radius 2 is 2.44 bits per heavy atom. The molecule has 0 fully saturated rings. The minimum atomic E-state index is 0.604. The molecular formula is C8H15N. The standard InChI is InChI=1S/C8H15N/c1-7(9-2)8-5-3-4-6-8/h5,7,9H,3-4,6H2,1-2H3. The number of rotatable bonds is 2. The van der Waals surface area contributed by atoms with Crippen LogP contribution in [-0.2, 0) is 0 Å². The topological polar surface area (TPSA) is 12.0 Å². The van der Waals surface area contributed by atoms with Gasteiger partial charge in [-0.3, -0.25) is 0 Å². The van der Waals surface area contributed by atoms with Crippen molar-refractivity contribution in [2.24, 2.45) is 0 Å². The monoisotopic (exact) mass is 125 g/mol. The number of likely N-dealkylation sites (N-methyl/N-ethyl adjacent to an activating group) is 1. The molecule has 0 aromatic rings. The van der Waals surface area contributed by atoms with Crippen molar-refractivity contribution in [1.29, 1.82) is 0 Å². The molecule has 0 saturated heterocycles.